The Bertz CT molecular complexity index is 610. The molecule has 0 heterocycles. The Hall–Kier alpha value is -1.52. The van der Waals surface area contributed by atoms with E-state index < -0.39 is 11.7 Å². The van der Waals surface area contributed by atoms with Crippen molar-refractivity contribution >= 4 is 11.6 Å². The summed E-state index contributed by atoms with van der Waals surface area (Å²) in [6.45, 7) is 0. The summed E-state index contributed by atoms with van der Waals surface area (Å²) < 4.78 is 38.0. The second-order valence-electron chi connectivity index (χ2n) is 4.96. The molecule has 0 spiro atoms. The van der Waals surface area contributed by atoms with Gasteiger partial charge in [-0.05, 0) is 36.1 Å². The zero-order valence-corrected chi connectivity index (χ0v) is 12.0. The molecule has 0 aliphatic carbocycles. The lowest BCUT2D eigenvalue weighted by Crippen LogP contribution is -2.25. The zero-order chi connectivity index (χ0) is 15.5. The smallest absolute Gasteiger partial charge is 0.327 e. The molecule has 2 rings (SSSR count). The molecule has 2 aromatic carbocycles. The number of halogens is 4. The van der Waals surface area contributed by atoms with E-state index in [2.05, 4.69) is 0 Å². The van der Waals surface area contributed by atoms with Gasteiger partial charge in [0.25, 0.3) is 0 Å². The van der Waals surface area contributed by atoms with E-state index in [-0.39, 0.29) is 6.04 Å². The number of rotatable bonds is 4. The summed E-state index contributed by atoms with van der Waals surface area (Å²) in [5.74, 6) is 0. The van der Waals surface area contributed by atoms with E-state index in [1.807, 2.05) is 18.2 Å². The Kier molecular flexibility index (Phi) is 4.91. The maximum atomic E-state index is 12.7. The molecule has 0 amide bonds. The standard InChI is InChI=1S/C16H15ClF3N/c17-15-7-2-1-5-12(15)10-14(21)9-11-4-3-6-13(8-11)16(18,19)20/h1-8,14H,9-10,21H2. The maximum Gasteiger partial charge on any atom is 0.416 e. The highest BCUT2D eigenvalue weighted by Gasteiger charge is 2.30. The first-order valence-electron chi connectivity index (χ1n) is 6.51. The first kappa shape index (κ1) is 15.9. The van der Waals surface area contributed by atoms with Crippen LogP contribution in [-0.2, 0) is 19.0 Å². The third kappa shape index (κ3) is 4.48. The molecule has 0 aliphatic heterocycles. The molecule has 0 saturated carbocycles. The molecule has 0 saturated heterocycles. The number of nitrogens with two attached hydrogens (primary N) is 1. The number of hydrogen-bond acceptors (Lipinski definition) is 1. The van der Waals surface area contributed by atoms with Gasteiger partial charge in [-0.15, -0.1) is 0 Å². The normalized spacial score (nSPS) is 13.2. The lowest BCUT2D eigenvalue weighted by Gasteiger charge is -2.14. The molecule has 2 aromatic rings. The third-order valence-corrected chi connectivity index (χ3v) is 3.56. The summed E-state index contributed by atoms with van der Waals surface area (Å²) >= 11 is 6.05. The molecular weight excluding hydrogens is 299 g/mol. The third-order valence-electron chi connectivity index (χ3n) is 3.19. The van der Waals surface area contributed by atoms with Crippen molar-refractivity contribution in [2.75, 3.05) is 0 Å². The molecule has 21 heavy (non-hydrogen) atoms. The highest BCUT2D eigenvalue weighted by molar-refractivity contribution is 6.31. The van der Waals surface area contributed by atoms with Gasteiger partial charge in [-0.1, -0.05) is 48.0 Å². The Morgan fingerprint density at radius 1 is 1.00 bits per heavy atom. The Balaban J connectivity index is 2.06. The van der Waals surface area contributed by atoms with Crippen LogP contribution < -0.4 is 5.73 Å². The highest BCUT2D eigenvalue weighted by Crippen LogP contribution is 2.29. The number of hydrogen-bond donors (Lipinski definition) is 1. The largest absolute Gasteiger partial charge is 0.416 e. The quantitative estimate of drug-likeness (QED) is 0.885. The molecular formula is C16H15ClF3N. The fraction of sp³-hybridized carbons (Fsp3) is 0.250. The average molecular weight is 314 g/mol. The van der Waals surface area contributed by atoms with Gasteiger partial charge in [-0.3, -0.25) is 0 Å². The van der Waals surface area contributed by atoms with Gasteiger partial charge in [0.15, 0.2) is 0 Å². The minimum Gasteiger partial charge on any atom is -0.327 e. The van der Waals surface area contributed by atoms with E-state index in [0.717, 1.165) is 17.7 Å². The SMILES string of the molecule is NC(Cc1cccc(C(F)(F)F)c1)Cc1ccccc1Cl. The van der Waals surface area contributed by atoms with Crippen molar-refractivity contribution in [2.45, 2.75) is 25.1 Å². The van der Waals surface area contributed by atoms with Gasteiger partial charge in [0.1, 0.15) is 0 Å². The van der Waals surface area contributed by atoms with Crippen molar-refractivity contribution in [2.24, 2.45) is 5.73 Å². The van der Waals surface area contributed by atoms with Crippen molar-refractivity contribution < 1.29 is 13.2 Å². The topological polar surface area (TPSA) is 26.0 Å². The van der Waals surface area contributed by atoms with Gasteiger partial charge in [0.2, 0.25) is 0 Å². The summed E-state index contributed by atoms with van der Waals surface area (Å²) in [5, 5.41) is 0.622. The lowest BCUT2D eigenvalue weighted by atomic mass is 9.98. The first-order valence-corrected chi connectivity index (χ1v) is 6.89. The Morgan fingerprint density at radius 3 is 2.38 bits per heavy atom. The van der Waals surface area contributed by atoms with E-state index in [1.165, 1.54) is 6.07 Å². The lowest BCUT2D eigenvalue weighted by molar-refractivity contribution is -0.137. The molecule has 2 N–H and O–H groups in total. The Morgan fingerprint density at radius 2 is 1.71 bits per heavy atom. The van der Waals surface area contributed by atoms with Gasteiger partial charge < -0.3 is 5.73 Å². The van der Waals surface area contributed by atoms with Gasteiger partial charge in [0, 0.05) is 11.1 Å². The molecule has 0 fully saturated rings. The molecule has 0 bridgehead atoms. The van der Waals surface area contributed by atoms with Crippen molar-refractivity contribution in [3.05, 3.63) is 70.2 Å². The van der Waals surface area contributed by atoms with Gasteiger partial charge in [-0.2, -0.15) is 13.2 Å². The number of benzene rings is 2. The molecule has 0 radical (unpaired) electrons. The maximum absolute atomic E-state index is 12.7. The summed E-state index contributed by atoms with van der Waals surface area (Å²) in [7, 11) is 0. The van der Waals surface area contributed by atoms with Crippen LogP contribution in [0.2, 0.25) is 5.02 Å². The second-order valence-corrected chi connectivity index (χ2v) is 5.37. The predicted molar refractivity (Wildman–Crippen MR) is 78.3 cm³/mol. The number of alkyl halides is 3. The van der Waals surface area contributed by atoms with Crippen LogP contribution >= 0.6 is 11.6 Å². The molecule has 1 unspecified atom stereocenters. The van der Waals surface area contributed by atoms with Crippen LogP contribution in [0.4, 0.5) is 13.2 Å². The highest BCUT2D eigenvalue weighted by atomic mass is 35.5. The summed E-state index contributed by atoms with van der Waals surface area (Å²) in [6, 6.07) is 12.3. The molecule has 0 aliphatic rings. The second kappa shape index (κ2) is 6.50. The van der Waals surface area contributed by atoms with Crippen LogP contribution in [0.25, 0.3) is 0 Å². The minimum absolute atomic E-state index is 0.284. The van der Waals surface area contributed by atoms with E-state index in [1.54, 1.807) is 12.1 Å². The summed E-state index contributed by atoms with van der Waals surface area (Å²) in [4.78, 5) is 0. The van der Waals surface area contributed by atoms with Crippen LogP contribution in [0.1, 0.15) is 16.7 Å². The van der Waals surface area contributed by atoms with E-state index in [0.29, 0.717) is 23.4 Å². The van der Waals surface area contributed by atoms with E-state index in [9.17, 15) is 13.2 Å². The zero-order valence-electron chi connectivity index (χ0n) is 11.2. The van der Waals surface area contributed by atoms with Crippen LogP contribution in [0, 0.1) is 0 Å². The van der Waals surface area contributed by atoms with E-state index >= 15 is 0 Å². The monoisotopic (exact) mass is 313 g/mol. The van der Waals surface area contributed by atoms with Gasteiger partial charge >= 0.3 is 6.18 Å². The molecule has 1 atom stereocenters. The van der Waals surface area contributed by atoms with Crippen molar-refractivity contribution in [1.82, 2.24) is 0 Å². The Labute approximate surface area is 126 Å². The first-order chi connectivity index (χ1) is 9.86. The molecule has 5 heteroatoms. The van der Waals surface area contributed by atoms with Crippen molar-refractivity contribution in [1.29, 1.82) is 0 Å². The minimum atomic E-state index is -4.33. The fourth-order valence-corrected chi connectivity index (χ4v) is 2.41. The molecule has 112 valence electrons. The van der Waals surface area contributed by atoms with E-state index in [4.69, 9.17) is 17.3 Å². The van der Waals surface area contributed by atoms with Crippen LogP contribution in [-0.4, -0.2) is 6.04 Å². The summed E-state index contributed by atoms with van der Waals surface area (Å²) in [5.41, 5.74) is 6.85. The molecule has 1 nitrogen and oxygen atoms in total. The van der Waals surface area contributed by atoms with Gasteiger partial charge in [-0.25, -0.2) is 0 Å². The van der Waals surface area contributed by atoms with Crippen LogP contribution in [0.15, 0.2) is 48.5 Å². The summed E-state index contributed by atoms with van der Waals surface area (Å²) in [6.07, 6.45) is -3.44. The van der Waals surface area contributed by atoms with Crippen LogP contribution in [0.3, 0.4) is 0 Å². The van der Waals surface area contributed by atoms with Crippen molar-refractivity contribution in [3.8, 4) is 0 Å². The van der Waals surface area contributed by atoms with Gasteiger partial charge in [0.05, 0.1) is 5.56 Å². The molecule has 0 aromatic heterocycles. The fourth-order valence-electron chi connectivity index (χ4n) is 2.20. The van der Waals surface area contributed by atoms with Crippen LogP contribution in [0.5, 0.6) is 0 Å². The van der Waals surface area contributed by atoms with Crippen molar-refractivity contribution in [3.63, 3.8) is 0 Å². The average Bonchev–Trinajstić information content (AvgIpc) is 2.41. The predicted octanol–water partition coefficient (Wildman–Crippen LogP) is 4.47.